The minimum Gasteiger partial charge on any atom is -0.368 e. The number of rotatable bonds is 5. The fraction of sp³-hybridized carbons (Fsp3) is 0.161. The molecule has 42 heavy (non-hydrogen) atoms. The minimum atomic E-state index is -1.66. The van der Waals surface area contributed by atoms with E-state index in [0.717, 1.165) is 5.69 Å². The Hall–Kier alpha value is -4.90. The molecule has 2 aliphatic rings. The highest BCUT2D eigenvalue weighted by molar-refractivity contribution is 7.85. The van der Waals surface area contributed by atoms with Crippen molar-refractivity contribution in [1.82, 2.24) is 4.90 Å². The Morgan fingerprint density at radius 3 is 2.26 bits per heavy atom. The van der Waals surface area contributed by atoms with Gasteiger partial charge in [0.25, 0.3) is 17.5 Å². The van der Waals surface area contributed by atoms with Crippen LogP contribution in [0.1, 0.15) is 26.3 Å². The van der Waals surface area contributed by atoms with Crippen LogP contribution < -0.4 is 9.80 Å². The van der Waals surface area contributed by atoms with Crippen molar-refractivity contribution < 1.29 is 23.1 Å². The van der Waals surface area contributed by atoms with Crippen molar-refractivity contribution in [2.45, 2.75) is 16.3 Å². The molecule has 0 aliphatic carbocycles. The number of non-ortho nitro benzene ring substituents is 1. The van der Waals surface area contributed by atoms with E-state index >= 15 is 0 Å². The molecule has 0 radical (unpaired) electrons. The molecule has 1 fully saturated rings. The topological polar surface area (TPSA) is 104 Å². The van der Waals surface area contributed by atoms with Crippen LogP contribution in [-0.2, 0) is 17.3 Å². The van der Waals surface area contributed by atoms with Gasteiger partial charge in [0, 0.05) is 49.6 Å². The maximum atomic E-state index is 13.8. The molecule has 2 heterocycles. The van der Waals surface area contributed by atoms with Gasteiger partial charge in [-0.25, -0.2) is 8.60 Å². The third-order valence-electron chi connectivity index (χ3n) is 7.51. The van der Waals surface area contributed by atoms with Crippen LogP contribution in [0.4, 0.5) is 21.5 Å². The Kier molecular flexibility index (Phi) is 7.26. The summed E-state index contributed by atoms with van der Waals surface area (Å²) < 4.78 is 27.3. The van der Waals surface area contributed by atoms with Gasteiger partial charge in [-0.2, -0.15) is 0 Å². The second-order valence-corrected chi connectivity index (χ2v) is 11.4. The van der Waals surface area contributed by atoms with Crippen LogP contribution in [0.25, 0.3) is 0 Å². The normalized spacial score (nSPS) is 16.5. The van der Waals surface area contributed by atoms with Gasteiger partial charge < -0.3 is 14.7 Å². The van der Waals surface area contributed by atoms with Crippen LogP contribution >= 0.6 is 0 Å². The summed E-state index contributed by atoms with van der Waals surface area (Å²) in [7, 11) is -1.66. The summed E-state index contributed by atoms with van der Waals surface area (Å²) in [6, 6.07) is 23.8. The quantitative estimate of drug-likeness (QED) is 0.241. The molecule has 4 aromatic rings. The molecule has 1 saturated heterocycles. The smallest absolute Gasteiger partial charge is 0.269 e. The molecule has 0 aromatic heterocycles. The van der Waals surface area contributed by atoms with Crippen molar-refractivity contribution >= 4 is 39.7 Å². The highest BCUT2D eigenvalue weighted by atomic mass is 32.2. The van der Waals surface area contributed by atoms with E-state index in [1.54, 1.807) is 71.6 Å². The molecule has 0 spiro atoms. The highest BCUT2D eigenvalue weighted by Gasteiger charge is 2.32. The van der Waals surface area contributed by atoms with E-state index in [1.165, 1.54) is 29.2 Å². The lowest BCUT2D eigenvalue weighted by Gasteiger charge is -2.36. The number of halogens is 1. The lowest BCUT2D eigenvalue weighted by atomic mass is 10.1. The van der Waals surface area contributed by atoms with E-state index in [1.807, 2.05) is 0 Å². The lowest BCUT2D eigenvalue weighted by molar-refractivity contribution is -0.384. The van der Waals surface area contributed by atoms with E-state index < -0.39 is 21.5 Å². The second-order valence-electron chi connectivity index (χ2n) is 10.0. The number of nitro benzene ring substituents is 1. The molecule has 0 N–H and O–H groups in total. The molecule has 212 valence electrons. The number of hydrogen-bond acceptors (Lipinski definition) is 6. The van der Waals surface area contributed by atoms with E-state index in [4.69, 9.17) is 0 Å². The Morgan fingerprint density at radius 2 is 1.57 bits per heavy atom. The summed E-state index contributed by atoms with van der Waals surface area (Å²) >= 11 is 0. The number of carbonyl (C=O) groups excluding carboxylic acids is 2. The standard InChI is InChI=1S/C31H25FN4O5S/c32-23-8-5-21(6-9-23)20-35-27-19-22(7-14-29(27)42(41)28-4-2-1-3-26(28)31(35)38)30(37)34-17-15-33(16-18-34)24-10-12-25(13-11-24)36(39)40/h1-14,19H,15-18,20H2. The third kappa shape index (κ3) is 5.14. The fourth-order valence-electron chi connectivity index (χ4n) is 5.26. The van der Waals surface area contributed by atoms with Crippen molar-refractivity contribution in [2.24, 2.45) is 0 Å². The fourth-order valence-corrected chi connectivity index (χ4v) is 6.61. The number of benzene rings is 4. The number of amides is 2. The first-order valence-electron chi connectivity index (χ1n) is 13.3. The molecule has 9 nitrogen and oxygen atoms in total. The molecule has 0 bridgehead atoms. The van der Waals surface area contributed by atoms with Gasteiger partial charge in [-0.15, -0.1) is 0 Å². The molecular weight excluding hydrogens is 559 g/mol. The molecule has 1 atom stereocenters. The van der Waals surface area contributed by atoms with Crippen molar-refractivity contribution in [2.75, 3.05) is 36.0 Å². The Bertz CT molecular complexity index is 1720. The van der Waals surface area contributed by atoms with Crippen LogP contribution in [0.5, 0.6) is 0 Å². The molecular formula is C31H25FN4O5S. The van der Waals surface area contributed by atoms with Gasteiger partial charge in [0.15, 0.2) is 0 Å². The van der Waals surface area contributed by atoms with Gasteiger partial charge >= 0.3 is 0 Å². The molecule has 2 aliphatic heterocycles. The molecule has 11 heteroatoms. The summed E-state index contributed by atoms with van der Waals surface area (Å²) in [5.41, 5.74) is 2.58. The first-order chi connectivity index (χ1) is 20.3. The van der Waals surface area contributed by atoms with E-state index in [9.17, 15) is 28.3 Å². The number of carbonyl (C=O) groups is 2. The van der Waals surface area contributed by atoms with Crippen LogP contribution in [0, 0.1) is 15.9 Å². The number of anilines is 2. The zero-order valence-corrected chi connectivity index (χ0v) is 23.1. The Labute approximate surface area is 243 Å². The maximum Gasteiger partial charge on any atom is 0.269 e. The summed E-state index contributed by atoms with van der Waals surface area (Å²) in [5, 5.41) is 11.0. The van der Waals surface area contributed by atoms with Gasteiger partial charge in [-0.3, -0.25) is 19.7 Å². The summed E-state index contributed by atoms with van der Waals surface area (Å²) in [6.45, 7) is 2.06. The zero-order valence-electron chi connectivity index (χ0n) is 22.3. The first-order valence-corrected chi connectivity index (χ1v) is 14.4. The van der Waals surface area contributed by atoms with E-state index in [0.29, 0.717) is 58.3 Å². The predicted molar refractivity (Wildman–Crippen MR) is 156 cm³/mol. The minimum absolute atomic E-state index is 0.0201. The SMILES string of the molecule is O=C(c1ccc2c(c1)N(Cc1ccc(F)cc1)C(=O)c1ccccc1S2=O)N1CCN(c2ccc([N+](=O)[O-])cc2)CC1. The average Bonchev–Trinajstić information content (AvgIpc) is 3.11. The molecule has 4 aromatic carbocycles. The monoisotopic (exact) mass is 584 g/mol. The number of hydrogen-bond donors (Lipinski definition) is 0. The highest BCUT2D eigenvalue weighted by Crippen LogP contribution is 2.36. The Balaban J connectivity index is 1.28. The number of fused-ring (bicyclic) bond motifs is 2. The molecule has 2 amide bonds. The van der Waals surface area contributed by atoms with Gasteiger partial charge in [-0.1, -0.05) is 24.3 Å². The summed E-state index contributed by atoms with van der Waals surface area (Å²) in [4.78, 5) is 44.0. The number of piperazine rings is 1. The lowest BCUT2D eigenvalue weighted by Crippen LogP contribution is -2.48. The first kappa shape index (κ1) is 27.3. The van der Waals surface area contributed by atoms with Crippen LogP contribution in [0.15, 0.2) is 101 Å². The molecule has 0 saturated carbocycles. The third-order valence-corrected chi connectivity index (χ3v) is 9.01. The van der Waals surface area contributed by atoms with Gasteiger partial charge in [0.1, 0.15) is 5.82 Å². The second kappa shape index (κ2) is 11.2. The van der Waals surface area contributed by atoms with Crippen molar-refractivity contribution in [3.63, 3.8) is 0 Å². The zero-order chi connectivity index (χ0) is 29.4. The van der Waals surface area contributed by atoms with Crippen molar-refractivity contribution in [3.8, 4) is 0 Å². The molecule has 6 rings (SSSR count). The predicted octanol–water partition coefficient (Wildman–Crippen LogP) is 5.02. The van der Waals surface area contributed by atoms with Crippen LogP contribution in [0.3, 0.4) is 0 Å². The summed E-state index contributed by atoms with van der Waals surface area (Å²) in [6.07, 6.45) is 0. The Morgan fingerprint density at radius 1 is 0.881 bits per heavy atom. The molecule has 1 unspecified atom stereocenters. The average molecular weight is 585 g/mol. The number of nitro groups is 1. The van der Waals surface area contributed by atoms with Gasteiger partial charge in [0.2, 0.25) is 0 Å². The van der Waals surface area contributed by atoms with E-state index in [-0.39, 0.29) is 24.0 Å². The summed E-state index contributed by atoms with van der Waals surface area (Å²) in [5.74, 6) is -0.972. The number of nitrogens with zero attached hydrogens (tertiary/aromatic N) is 4. The van der Waals surface area contributed by atoms with Gasteiger partial charge in [-0.05, 0) is 60.2 Å². The van der Waals surface area contributed by atoms with Crippen LogP contribution in [-0.4, -0.2) is 52.0 Å². The maximum absolute atomic E-state index is 13.8. The van der Waals surface area contributed by atoms with Crippen molar-refractivity contribution in [3.05, 3.63) is 124 Å². The van der Waals surface area contributed by atoms with Crippen molar-refractivity contribution in [1.29, 1.82) is 0 Å². The van der Waals surface area contributed by atoms with Crippen LogP contribution in [0.2, 0.25) is 0 Å². The van der Waals surface area contributed by atoms with Gasteiger partial charge in [0.05, 0.1) is 43.3 Å². The largest absolute Gasteiger partial charge is 0.368 e. The van der Waals surface area contributed by atoms with E-state index in [2.05, 4.69) is 4.90 Å².